The normalized spacial score (nSPS) is 10.5. The molecule has 1 N–H and O–H groups in total. The fourth-order valence-electron chi connectivity index (χ4n) is 1.99. The van der Waals surface area contributed by atoms with Crippen molar-refractivity contribution in [3.63, 3.8) is 0 Å². The molecule has 116 valence electrons. The maximum atomic E-state index is 11.9. The zero-order chi connectivity index (χ0) is 15.9. The van der Waals surface area contributed by atoms with E-state index in [1.165, 1.54) is 17.3 Å². The molecule has 0 fully saturated rings. The van der Waals surface area contributed by atoms with Crippen molar-refractivity contribution < 1.29 is 4.79 Å². The van der Waals surface area contributed by atoms with Gasteiger partial charge in [-0.15, -0.1) is 11.8 Å². The molecular weight excluding hydrogens is 337 g/mol. The molecular formula is C17H17Cl2NOS. The second kappa shape index (κ2) is 8.47. The Morgan fingerprint density at radius 2 is 1.82 bits per heavy atom. The number of halogens is 2. The first kappa shape index (κ1) is 17.2. The van der Waals surface area contributed by atoms with Crippen LogP contribution in [0.5, 0.6) is 0 Å². The van der Waals surface area contributed by atoms with E-state index in [-0.39, 0.29) is 5.91 Å². The Hall–Kier alpha value is -1.16. The van der Waals surface area contributed by atoms with Gasteiger partial charge in [-0.1, -0.05) is 59.1 Å². The molecule has 2 nitrogen and oxygen atoms in total. The molecule has 0 saturated carbocycles. The Balaban J connectivity index is 1.76. The third kappa shape index (κ3) is 5.24. The fourth-order valence-corrected chi connectivity index (χ4v) is 3.58. The fraction of sp³-hybridized carbons (Fsp3) is 0.235. The molecule has 0 spiro atoms. The number of amides is 1. The highest BCUT2D eigenvalue weighted by Gasteiger charge is 2.07. The van der Waals surface area contributed by atoms with Crippen LogP contribution in [0.2, 0.25) is 10.0 Å². The smallest absolute Gasteiger partial charge is 0.230 e. The van der Waals surface area contributed by atoms with E-state index in [9.17, 15) is 4.79 Å². The van der Waals surface area contributed by atoms with E-state index < -0.39 is 0 Å². The van der Waals surface area contributed by atoms with Crippen LogP contribution in [-0.2, 0) is 17.1 Å². The maximum absolute atomic E-state index is 11.9. The van der Waals surface area contributed by atoms with E-state index in [0.29, 0.717) is 28.1 Å². The molecule has 2 aromatic carbocycles. The number of thioether (sulfide) groups is 1. The first-order chi connectivity index (χ1) is 10.6. The van der Waals surface area contributed by atoms with Gasteiger partial charge in [-0.25, -0.2) is 0 Å². The van der Waals surface area contributed by atoms with Crippen molar-refractivity contribution >= 4 is 40.9 Å². The van der Waals surface area contributed by atoms with Crippen molar-refractivity contribution in [1.29, 1.82) is 0 Å². The Bertz CT molecular complexity index is 641. The summed E-state index contributed by atoms with van der Waals surface area (Å²) in [5.41, 5.74) is 3.17. The lowest BCUT2D eigenvalue weighted by molar-refractivity contribution is -0.118. The lowest BCUT2D eigenvalue weighted by Gasteiger charge is -2.08. The summed E-state index contributed by atoms with van der Waals surface area (Å²) < 4.78 is 0. The molecule has 0 unspecified atom stereocenters. The van der Waals surface area contributed by atoms with Crippen LogP contribution < -0.4 is 5.32 Å². The SMILES string of the molecule is Cc1cccc(CNC(=O)CSCc2c(Cl)cccc2Cl)c1. The second-order valence-corrected chi connectivity index (χ2v) is 6.76. The number of carbonyl (C=O) groups is 1. The summed E-state index contributed by atoms with van der Waals surface area (Å²) in [7, 11) is 0. The average molecular weight is 354 g/mol. The topological polar surface area (TPSA) is 29.1 Å². The minimum absolute atomic E-state index is 0.00896. The molecule has 5 heteroatoms. The van der Waals surface area contributed by atoms with Gasteiger partial charge in [0.15, 0.2) is 0 Å². The van der Waals surface area contributed by atoms with Gasteiger partial charge in [-0.05, 0) is 30.2 Å². The minimum Gasteiger partial charge on any atom is -0.351 e. The molecule has 0 saturated heterocycles. The molecule has 22 heavy (non-hydrogen) atoms. The highest BCUT2D eigenvalue weighted by molar-refractivity contribution is 7.99. The van der Waals surface area contributed by atoms with Gasteiger partial charge in [-0.3, -0.25) is 4.79 Å². The van der Waals surface area contributed by atoms with Crippen LogP contribution in [0.3, 0.4) is 0 Å². The monoisotopic (exact) mass is 353 g/mol. The van der Waals surface area contributed by atoms with E-state index in [1.807, 2.05) is 31.2 Å². The van der Waals surface area contributed by atoms with Crippen molar-refractivity contribution in [1.82, 2.24) is 5.32 Å². The zero-order valence-electron chi connectivity index (χ0n) is 12.2. The van der Waals surface area contributed by atoms with Crippen LogP contribution in [0.1, 0.15) is 16.7 Å². The van der Waals surface area contributed by atoms with E-state index in [0.717, 1.165) is 11.1 Å². The second-order valence-electron chi connectivity index (χ2n) is 4.96. The molecule has 0 bridgehead atoms. The van der Waals surface area contributed by atoms with E-state index in [1.54, 1.807) is 12.1 Å². The molecule has 0 aliphatic carbocycles. The molecule has 2 rings (SSSR count). The van der Waals surface area contributed by atoms with Crippen LogP contribution in [0, 0.1) is 6.92 Å². The standard InChI is InChI=1S/C17H17Cl2NOS/c1-12-4-2-5-13(8-12)9-20-17(21)11-22-10-14-15(18)6-3-7-16(14)19/h2-8H,9-11H2,1H3,(H,20,21). The summed E-state index contributed by atoms with van der Waals surface area (Å²) in [5.74, 6) is 1.01. The third-order valence-electron chi connectivity index (χ3n) is 3.11. The number of rotatable bonds is 6. The molecule has 0 aliphatic heterocycles. The number of benzene rings is 2. The van der Waals surface area contributed by atoms with Crippen molar-refractivity contribution in [3.05, 3.63) is 69.2 Å². The first-order valence-electron chi connectivity index (χ1n) is 6.89. The summed E-state index contributed by atoms with van der Waals surface area (Å²) in [6.45, 7) is 2.59. The molecule has 2 aromatic rings. The van der Waals surface area contributed by atoms with Gasteiger partial charge in [-0.2, -0.15) is 0 Å². The van der Waals surface area contributed by atoms with Gasteiger partial charge >= 0.3 is 0 Å². The lowest BCUT2D eigenvalue weighted by Crippen LogP contribution is -2.24. The van der Waals surface area contributed by atoms with Crippen molar-refractivity contribution in [2.75, 3.05) is 5.75 Å². The molecule has 0 atom stereocenters. The summed E-state index contributed by atoms with van der Waals surface area (Å²) in [6.07, 6.45) is 0. The van der Waals surface area contributed by atoms with Crippen LogP contribution in [-0.4, -0.2) is 11.7 Å². The van der Waals surface area contributed by atoms with E-state index >= 15 is 0 Å². The summed E-state index contributed by atoms with van der Waals surface area (Å²) >= 11 is 13.7. The predicted molar refractivity (Wildman–Crippen MR) is 95.6 cm³/mol. The van der Waals surface area contributed by atoms with Gasteiger partial charge < -0.3 is 5.32 Å². The molecule has 1 amide bonds. The maximum Gasteiger partial charge on any atom is 0.230 e. The first-order valence-corrected chi connectivity index (χ1v) is 8.80. The van der Waals surface area contributed by atoms with Gasteiger partial charge in [0.05, 0.1) is 5.75 Å². The Morgan fingerprint density at radius 3 is 2.50 bits per heavy atom. The molecule has 0 aliphatic rings. The highest BCUT2D eigenvalue weighted by atomic mass is 35.5. The van der Waals surface area contributed by atoms with Gasteiger partial charge in [0, 0.05) is 22.3 Å². The summed E-state index contributed by atoms with van der Waals surface area (Å²) in [6, 6.07) is 13.5. The third-order valence-corrected chi connectivity index (χ3v) is 4.78. The van der Waals surface area contributed by atoms with E-state index in [4.69, 9.17) is 23.2 Å². The highest BCUT2D eigenvalue weighted by Crippen LogP contribution is 2.28. The summed E-state index contributed by atoms with van der Waals surface area (Å²) in [4.78, 5) is 11.9. The number of hydrogen-bond donors (Lipinski definition) is 1. The Kier molecular flexibility index (Phi) is 6.62. The summed E-state index contributed by atoms with van der Waals surface area (Å²) in [5, 5.41) is 4.19. The number of carbonyl (C=O) groups excluding carboxylic acids is 1. The lowest BCUT2D eigenvalue weighted by atomic mass is 10.1. The Labute approximate surface area is 145 Å². The minimum atomic E-state index is 0.00896. The average Bonchev–Trinajstić information content (AvgIpc) is 2.48. The van der Waals surface area contributed by atoms with Gasteiger partial charge in [0.2, 0.25) is 5.91 Å². The Morgan fingerprint density at radius 1 is 1.14 bits per heavy atom. The zero-order valence-corrected chi connectivity index (χ0v) is 14.6. The van der Waals surface area contributed by atoms with Crippen molar-refractivity contribution in [2.24, 2.45) is 0 Å². The van der Waals surface area contributed by atoms with E-state index in [2.05, 4.69) is 11.4 Å². The van der Waals surface area contributed by atoms with Crippen LogP contribution >= 0.6 is 35.0 Å². The number of nitrogens with one attached hydrogen (secondary N) is 1. The largest absolute Gasteiger partial charge is 0.351 e. The number of hydrogen-bond acceptors (Lipinski definition) is 2. The van der Waals surface area contributed by atoms with Crippen LogP contribution in [0.4, 0.5) is 0 Å². The van der Waals surface area contributed by atoms with Gasteiger partial charge in [0.1, 0.15) is 0 Å². The van der Waals surface area contributed by atoms with Crippen LogP contribution in [0.15, 0.2) is 42.5 Å². The molecule has 0 aromatic heterocycles. The van der Waals surface area contributed by atoms with Crippen LogP contribution in [0.25, 0.3) is 0 Å². The molecule has 0 heterocycles. The van der Waals surface area contributed by atoms with Crippen molar-refractivity contribution in [2.45, 2.75) is 19.2 Å². The predicted octanol–water partition coefficient (Wildman–Crippen LogP) is 4.85. The van der Waals surface area contributed by atoms with Gasteiger partial charge in [0.25, 0.3) is 0 Å². The quantitative estimate of drug-likeness (QED) is 0.803. The molecule has 0 radical (unpaired) electrons. The number of aryl methyl sites for hydroxylation is 1. The van der Waals surface area contributed by atoms with Crippen molar-refractivity contribution in [3.8, 4) is 0 Å².